The zero-order valence-electron chi connectivity index (χ0n) is 13.9. The predicted molar refractivity (Wildman–Crippen MR) is 90.0 cm³/mol. The number of β-amino-alcohol motifs (C(OH)–C–C–N with tert-alkyl or cyclic N) is 1. The number of aliphatic hydroxyl groups excluding tert-OH is 1. The van der Waals surface area contributed by atoms with Crippen LogP contribution in [0.25, 0.3) is 0 Å². The maximum atomic E-state index is 12.9. The Balaban J connectivity index is 1.69. The summed E-state index contributed by atoms with van der Waals surface area (Å²) in [5, 5.41) is 10.0. The molecule has 0 spiro atoms. The van der Waals surface area contributed by atoms with Crippen molar-refractivity contribution in [1.82, 2.24) is 4.90 Å². The van der Waals surface area contributed by atoms with Crippen LogP contribution in [0.2, 0.25) is 0 Å². The average Bonchev–Trinajstić information content (AvgIpc) is 3.03. The van der Waals surface area contributed by atoms with E-state index in [4.69, 9.17) is 9.47 Å². The molecule has 3 rings (SSSR count). The molecule has 0 saturated carbocycles. The van der Waals surface area contributed by atoms with E-state index in [0.29, 0.717) is 17.9 Å². The van der Waals surface area contributed by atoms with E-state index < -0.39 is 6.10 Å². The molecule has 2 aromatic carbocycles. The van der Waals surface area contributed by atoms with Gasteiger partial charge in [0.15, 0.2) is 6.61 Å². The molecule has 2 atom stereocenters. The maximum Gasteiger partial charge on any atom is 0.261 e. The Morgan fingerprint density at radius 3 is 2.72 bits per heavy atom. The average molecular weight is 345 g/mol. The van der Waals surface area contributed by atoms with Crippen LogP contribution in [0.3, 0.4) is 0 Å². The van der Waals surface area contributed by atoms with E-state index >= 15 is 0 Å². The first kappa shape index (κ1) is 17.2. The van der Waals surface area contributed by atoms with Gasteiger partial charge in [-0.2, -0.15) is 0 Å². The van der Waals surface area contributed by atoms with Crippen molar-refractivity contribution in [2.45, 2.75) is 18.6 Å². The molecule has 0 unspecified atom stereocenters. The number of hydrogen-bond acceptors (Lipinski definition) is 4. The van der Waals surface area contributed by atoms with Crippen molar-refractivity contribution >= 4 is 5.91 Å². The molecule has 1 aliphatic rings. The molecule has 0 bridgehead atoms. The summed E-state index contributed by atoms with van der Waals surface area (Å²) < 4.78 is 23.6. The van der Waals surface area contributed by atoms with E-state index in [1.807, 2.05) is 24.3 Å². The number of methoxy groups -OCH3 is 1. The fraction of sp³-hybridized carbons (Fsp3) is 0.316. The highest BCUT2D eigenvalue weighted by Gasteiger charge is 2.35. The van der Waals surface area contributed by atoms with E-state index in [-0.39, 0.29) is 30.9 Å². The lowest BCUT2D eigenvalue weighted by Crippen LogP contribution is -2.35. The van der Waals surface area contributed by atoms with Crippen LogP contribution in [-0.4, -0.2) is 42.3 Å². The van der Waals surface area contributed by atoms with Crippen LogP contribution in [0.15, 0.2) is 48.5 Å². The number of halogens is 1. The van der Waals surface area contributed by atoms with Gasteiger partial charge in [-0.3, -0.25) is 4.79 Å². The number of amides is 1. The van der Waals surface area contributed by atoms with Crippen LogP contribution in [-0.2, 0) is 4.79 Å². The Bertz CT molecular complexity index is 734. The summed E-state index contributed by atoms with van der Waals surface area (Å²) in [4.78, 5) is 14.2. The summed E-state index contributed by atoms with van der Waals surface area (Å²) in [6, 6.07) is 12.7. The first-order chi connectivity index (χ1) is 12.1. The summed E-state index contributed by atoms with van der Waals surface area (Å²) in [5.41, 5.74) is 0.908. The zero-order chi connectivity index (χ0) is 17.8. The molecule has 0 aliphatic carbocycles. The largest absolute Gasteiger partial charge is 0.497 e. The van der Waals surface area contributed by atoms with E-state index in [0.717, 1.165) is 5.56 Å². The molecule has 1 N–H and O–H groups in total. The number of benzene rings is 2. The normalized spacial score (nSPS) is 19.7. The zero-order valence-corrected chi connectivity index (χ0v) is 13.9. The van der Waals surface area contributed by atoms with Crippen LogP contribution in [0.1, 0.15) is 18.0 Å². The van der Waals surface area contributed by atoms with Gasteiger partial charge in [-0.1, -0.05) is 12.1 Å². The lowest BCUT2D eigenvalue weighted by molar-refractivity contribution is -0.134. The highest BCUT2D eigenvalue weighted by Crippen LogP contribution is 2.33. The lowest BCUT2D eigenvalue weighted by Gasteiger charge is -2.25. The Morgan fingerprint density at radius 1 is 1.24 bits per heavy atom. The molecule has 1 aliphatic heterocycles. The first-order valence-electron chi connectivity index (χ1n) is 8.06. The third-order valence-corrected chi connectivity index (χ3v) is 4.25. The van der Waals surface area contributed by atoms with Crippen molar-refractivity contribution in [1.29, 1.82) is 0 Å². The molecular formula is C19H20FNO4. The Labute approximate surface area is 145 Å². The van der Waals surface area contributed by atoms with E-state index in [1.165, 1.54) is 24.3 Å². The van der Waals surface area contributed by atoms with Crippen LogP contribution in [0.5, 0.6) is 11.5 Å². The summed E-state index contributed by atoms with van der Waals surface area (Å²) in [5.74, 6) is 0.536. The van der Waals surface area contributed by atoms with Gasteiger partial charge >= 0.3 is 0 Å². The van der Waals surface area contributed by atoms with Gasteiger partial charge in [0.1, 0.15) is 17.3 Å². The molecule has 6 heteroatoms. The van der Waals surface area contributed by atoms with Crippen molar-refractivity contribution in [3.05, 3.63) is 59.9 Å². The van der Waals surface area contributed by atoms with Gasteiger partial charge in [-0.15, -0.1) is 0 Å². The summed E-state index contributed by atoms with van der Waals surface area (Å²) in [7, 11) is 1.59. The van der Waals surface area contributed by atoms with Crippen molar-refractivity contribution in [2.75, 3.05) is 20.3 Å². The number of hydrogen-bond donors (Lipinski definition) is 1. The quantitative estimate of drug-likeness (QED) is 0.905. The van der Waals surface area contributed by atoms with Gasteiger partial charge in [0.25, 0.3) is 5.91 Å². The lowest BCUT2D eigenvalue weighted by atomic mass is 10.0. The molecule has 2 aromatic rings. The monoisotopic (exact) mass is 345 g/mol. The molecule has 25 heavy (non-hydrogen) atoms. The number of aliphatic hydroxyl groups is 1. The standard InChI is InChI=1S/C19H20FNO4/c1-24-17-4-2-3-13(9-17)18-10-15(22)11-21(18)19(23)12-25-16-7-5-14(20)6-8-16/h2-9,15,18,22H,10-12H2,1H3/t15-,18+/m0/s1. The molecule has 1 fully saturated rings. The minimum Gasteiger partial charge on any atom is -0.497 e. The number of likely N-dealkylation sites (tertiary alicyclic amines) is 1. The van der Waals surface area contributed by atoms with Crippen molar-refractivity contribution < 1.29 is 23.8 Å². The first-order valence-corrected chi connectivity index (χ1v) is 8.06. The van der Waals surface area contributed by atoms with Crippen molar-refractivity contribution in [2.24, 2.45) is 0 Å². The molecular weight excluding hydrogens is 325 g/mol. The molecule has 132 valence electrons. The molecule has 0 radical (unpaired) electrons. The number of rotatable bonds is 5. The highest BCUT2D eigenvalue weighted by molar-refractivity contribution is 5.78. The number of ether oxygens (including phenoxy) is 2. The second kappa shape index (κ2) is 7.53. The fourth-order valence-corrected chi connectivity index (χ4v) is 3.01. The van der Waals surface area contributed by atoms with Gasteiger partial charge in [0.05, 0.1) is 19.3 Å². The fourth-order valence-electron chi connectivity index (χ4n) is 3.01. The second-order valence-electron chi connectivity index (χ2n) is 5.97. The number of nitrogens with zero attached hydrogens (tertiary/aromatic N) is 1. The second-order valence-corrected chi connectivity index (χ2v) is 5.97. The van der Waals surface area contributed by atoms with E-state index in [2.05, 4.69) is 0 Å². The minimum absolute atomic E-state index is 0.168. The van der Waals surface area contributed by atoms with Crippen LogP contribution < -0.4 is 9.47 Å². The third kappa shape index (κ3) is 4.09. The summed E-state index contributed by atoms with van der Waals surface area (Å²) >= 11 is 0. The third-order valence-electron chi connectivity index (χ3n) is 4.25. The minimum atomic E-state index is -0.578. The van der Waals surface area contributed by atoms with Crippen LogP contribution in [0, 0.1) is 5.82 Å². The van der Waals surface area contributed by atoms with Crippen molar-refractivity contribution in [3.63, 3.8) is 0 Å². The topological polar surface area (TPSA) is 59.0 Å². The maximum absolute atomic E-state index is 12.9. The van der Waals surface area contributed by atoms with Gasteiger partial charge in [0, 0.05) is 6.54 Å². The smallest absolute Gasteiger partial charge is 0.261 e. The molecule has 0 aromatic heterocycles. The van der Waals surface area contributed by atoms with Gasteiger partial charge in [-0.05, 0) is 48.4 Å². The Morgan fingerprint density at radius 2 is 2.00 bits per heavy atom. The van der Waals surface area contributed by atoms with Crippen molar-refractivity contribution in [3.8, 4) is 11.5 Å². The Hall–Kier alpha value is -2.60. The molecule has 1 saturated heterocycles. The summed E-state index contributed by atoms with van der Waals surface area (Å²) in [6.45, 7) is 0.0896. The highest BCUT2D eigenvalue weighted by atomic mass is 19.1. The van der Waals surface area contributed by atoms with Gasteiger partial charge in [0.2, 0.25) is 0 Å². The predicted octanol–water partition coefficient (Wildman–Crippen LogP) is 2.55. The number of carbonyl (C=O) groups excluding carboxylic acids is 1. The van der Waals surface area contributed by atoms with E-state index in [1.54, 1.807) is 12.0 Å². The van der Waals surface area contributed by atoms with Crippen LogP contribution >= 0.6 is 0 Å². The molecule has 1 heterocycles. The van der Waals surface area contributed by atoms with E-state index in [9.17, 15) is 14.3 Å². The molecule has 1 amide bonds. The van der Waals surface area contributed by atoms with Crippen LogP contribution in [0.4, 0.5) is 4.39 Å². The Kier molecular flexibility index (Phi) is 5.19. The van der Waals surface area contributed by atoms with Gasteiger partial charge in [-0.25, -0.2) is 4.39 Å². The van der Waals surface area contributed by atoms with Gasteiger partial charge < -0.3 is 19.5 Å². The summed E-state index contributed by atoms with van der Waals surface area (Å²) in [6.07, 6.45) is -0.110. The molecule has 5 nitrogen and oxygen atoms in total. The number of carbonyl (C=O) groups is 1. The SMILES string of the molecule is COc1cccc([C@H]2C[C@H](O)CN2C(=O)COc2ccc(F)cc2)c1.